The number of rotatable bonds is 4. The first-order valence-corrected chi connectivity index (χ1v) is 7.87. The molecule has 5 heteroatoms. The van der Waals surface area contributed by atoms with Gasteiger partial charge in [-0.2, -0.15) is 0 Å². The fourth-order valence-electron chi connectivity index (χ4n) is 2.51. The molecular formula is C15H16O4S. The van der Waals surface area contributed by atoms with Gasteiger partial charge in [0, 0.05) is 16.7 Å². The Kier molecular flexibility index (Phi) is 4.10. The van der Waals surface area contributed by atoms with Gasteiger partial charge in [0.1, 0.15) is 0 Å². The Hall–Kier alpha value is -1.30. The van der Waals surface area contributed by atoms with E-state index in [0.717, 1.165) is 4.90 Å². The first-order valence-electron chi connectivity index (χ1n) is 6.66. The maximum atomic E-state index is 12.0. The van der Waals surface area contributed by atoms with E-state index in [2.05, 4.69) is 0 Å². The number of hydrogen-bond acceptors (Lipinski definition) is 4. The smallest absolute Gasteiger partial charge is 0.218 e. The Labute approximate surface area is 120 Å². The highest BCUT2D eigenvalue weighted by molar-refractivity contribution is 7.88. The topological polar surface area (TPSA) is 52.6 Å². The number of Topliss-reactive ketones (excluding diaryl/α,β-unsaturated/α-hetero) is 1. The van der Waals surface area contributed by atoms with Crippen LogP contribution < -0.4 is 0 Å². The first-order chi connectivity index (χ1) is 9.74. The Morgan fingerprint density at radius 3 is 2.90 bits per heavy atom. The zero-order valence-electron chi connectivity index (χ0n) is 10.9. The van der Waals surface area contributed by atoms with Crippen molar-refractivity contribution in [3.05, 3.63) is 41.8 Å². The van der Waals surface area contributed by atoms with Gasteiger partial charge in [-0.05, 0) is 24.5 Å². The monoisotopic (exact) mass is 292 g/mol. The van der Waals surface area contributed by atoms with E-state index in [4.69, 9.17) is 9.47 Å². The van der Waals surface area contributed by atoms with Crippen molar-refractivity contribution in [1.82, 2.24) is 0 Å². The normalized spacial score (nSPS) is 30.8. The second-order valence-electron chi connectivity index (χ2n) is 4.99. The third kappa shape index (κ3) is 2.90. The highest BCUT2D eigenvalue weighted by atomic mass is 32.2. The standard InChI is InChI=1S/C15H16O4S/c16-13-9-11(14-10-18-15(13)19-14)5-4-8-20(17)12-6-2-1-3-7-12/h1-4,6-8,11,14-15H,5,9-10H2/b8-4+/t11-,14+,15+,20?/m0/s1. The van der Waals surface area contributed by atoms with Crippen LogP contribution in [0.2, 0.25) is 0 Å². The number of ether oxygens (including phenoxy) is 2. The van der Waals surface area contributed by atoms with Gasteiger partial charge in [-0.3, -0.25) is 4.79 Å². The summed E-state index contributed by atoms with van der Waals surface area (Å²) in [5.74, 6) is 0.145. The molecule has 4 atom stereocenters. The highest BCUT2D eigenvalue weighted by Crippen LogP contribution is 2.31. The average Bonchev–Trinajstić information content (AvgIpc) is 2.91. The summed E-state index contributed by atoms with van der Waals surface area (Å²) in [6.45, 7) is 0.483. The average molecular weight is 292 g/mol. The van der Waals surface area contributed by atoms with Gasteiger partial charge in [0.25, 0.3) is 0 Å². The maximum absolute atomic E-state index is 12.0. The summed E-state index contributed by atoms with van der Waals surface area (Å²) in [7, 11) is -1.14. The van der Waals surface area contributed by atoms with Crippen LogP contribution in [0.4, 0.5) is 0 Å². The molecule has 2 fully saturated rings. The van der Waals surface area contributed by atoms with Crippen LogP contribution in [0.15, 0.2) is 46.7 Å². The molecule has 0 aliphatic carbocycles. The summed E-state index contributed by atoms with van der Waals surface area (Å²) >= 11 is 0. The number of allylic oxidation sites excluding steroid dienone is 1. The van der Waals surface area contributed by atoms with E-state index in [1.807, 2.05) is 36.4 Å². The highest BCUT2D eigenvalue weighted by Gasteiger charge is 2.42. The SMILES string of the molecule is O=C1C[C@H](C/C=C/S(=O)c2ccccc2)[C@H]2CO[C@@H]1O2. The summed E-state index contributed by atoms with van der Waals surface area (Å²) in [5.41, 5.74) is 0. The van der Waals surface area contributed by atoms with Gasteiger partial charge in [0.15, 0.2) is 5.78 Å². The molecule has 0 amide bonds. The van der Waals surface area contributed by atoms with E-state index in [9.17, 15) is 9.00 Å². The molecule has 0 spiro atoms. The van der Waals surface area contributed by atoms with Crippen molar-refractivity contribution in [2.45, 2.75) is 30.1 Å². The second-order valence-corrected chi connectivity index (χ2v) is 6.33. The molecule has 4 nitrogen and oxygen atoms in total. The largest absolute Gasteiger partial charge is 0.343 e. The number of fused-ring (bicyclic) bond motifs is 2. The van der Waals surface area contributed by atoms with Gasteiger partial charge in [-0.1, -0.05) is 24.3 Å². The fourth-order valence-corrected chi connectivity index (χ4v) is 3.38. The number of ketones is 1. The van der Waals surface area contributed by atoms with E-state index in [0.29, 0.717) is 19.4 Å². The Morgan fingerprint density at radius 2 is 2.10 bits per heavy atom. The zero-order valence-corrected chi connectivity index (χ0v) is 11.8. The van der Waals surface area contributed by atoms with Crippen LogP contribution in [-0.2, 0) is 25.1 Å². The molecule has 1 aromatic rings. The summed E-state index contributed by atoms with van der Waals surface area (Å²) in [5, 5.41) is 1.68. The summed E-state index contributed by atoms with van der Waals surface area (Å²) < 4.78 is 22.8. The lowest BCUT2D eigenvalue weighted by Gasteiger charge is -2.25. The second kappa shape index (κ2) is 5.99. The van der Waals surface area contributed by atoms with Crippen LogP contribution in [0, 0.1) is 5.92 Å². The van der Waals surface area contributed by atoms with Gasteiger partial charge < -0.3 is 9.47 Å². The van der Waals surface area contributed by atoms with E-state index < -0.39 is 17.1 Å². The molecule has 2 aliphatic rings. The Bertz CT molecular complexity index is 540. The van der Waals surface area contributed by atoms with Gasteiger partial charge in [-0.15, -0.1) is 0 Å². The Morgan fingerprint density at radius 1 is 1.30 bits per heavy atom. The van der Waals surface area contributed by atoms with Crippen LogP contribution >= 0.6 is 0 Å². The van der Waals surface area contributed by atoms with Gasteiger partial charge >= 0.3 is 0 Å². The van der Waals surface area contributed by atoms with Crippen LogP contribution in [0.5, 0.6) is 0 Å². The summed E-state index contributed by atoms with van der Waals surface area (Å²) in [6.07, 6.45) is 2.40. The van der Waals surface area contributed by atoms with Gasteiger partial charge in [0.2, 0.25) is 6.29 Å². The predicted molar refractivity (Wildman–Crippen MR) is 74.3 cm³/mol. The van der Waals surface area contributed by atoms with Crippen molar-refractivity contribution < 1.29 is 18.5 Å². The van der Waals surface area contributed by atoms with Crippen molar-refractivity contribution in [2.24, 2.45) is 5.92 Å². The van der Waals surface area contributed by atoms with Crippen LogP contribution in [-0.4, -0.2) is 29.0 Å². The van der Waals surface area contributed by atoms with Crippen molar-refractivity contribution in [2.75, 3.05) is 6.61 Å². The molecular weight excluding hydrogens is 276 g/mol. The third-order valence-electron chi connectivity index (χ3n) is 3.60. The van der Waals surface area contributed by atoms with E-state index in [1.165, 1.54) is 0 Å². The van der Waals surface area contributed by atoms with Crippen molar-refractivity contribution in [1.29, 1.82) is 0 Å². The van der Waals surface area contributed by atoms with Crippen molar-refractivity contribution >= 4 is 16.6 Å². The lowest BCUT2D eigenvalue weighted by molar-refractivity contribution is -0.156. The molecule has 2 heterocycles. The zero-order chi connectivity index (χ0) is 13.9. The predicted octanol–water partition coefficient (Wildman–Crippen LogP) is 2.03. The molecule has 2 saturated heterocycles. The molecule has 20 heavy (non-hydrogen) atoms. The van der Waals surface area contributed by atoms with Crippen molar-refractivity contribution in [3.63, 3.8) is 0 Å². The van der Waals surface area contributed by atoms with Crippen LogP contribution in [0.25, 0.3) is 0 Å². The third-order valence-corrected chi connectivity index (χ3v) is 4.77. The van der Waals surface area contributed by atoms with Crippen LogP contribution in [0.3, 0.4) is 0 Å². The molecule has 3 rings (SSSR count). The molecule has 2 aliphatic heterocycles. The summed E-state index contributed by atoms with van der Waals surface area (Å²) in [4.78, 5) is 12.4. The van der Waals surface area contributed by atoms with Gasteiger partial charge in [-0.25, -0.2) is 4.21 Å². The molecule has 0 aromatic heterocycles. The molecule has 0 radical (unpaired) electrons. The minimum Gasteiger partial charge on any atom is -0.343 e. The molecule has 0 saturated carbocycles. The molecule has 106 valence electrons. The number of carbonyl (C=O) groups is 1. The fraction of sp³-hybridized carbons (Fsp3) is 0.400. The Balaban J connectivity index is 1.58. The number of benzene rings is 1. The maximum Gasteiger partial charge on any atom is 0.218 e. The molecule has 1 aromatic carbocycles. The lowest BCUT2D eigenvalue weighted by atomic mass is 9.92. The van der Waals surface area contributed by atoms with E-state index >= 15 is 0 Å². The van der Waals surface area contributed by atoms with E-state index in [-0.39, 0.29) is 17.8 Å². The minimum atomic E-state index is -1.14. The molecule has 2 bridgehead atoms. The minimum absolute atomic E-state index is 0.00693. The molecule has 1 unspecified atom stereocenters. The van der Waals surface area contributed by atoms with Crippen molar-refractivity contribution in [3.8, 4) is 0 Å². The lowest BCUT2D eigenvalue weighted by Crippen LogP contribution is -2.35. The number of hydrogen-bond donors (Lipinski definition) is 0. The summed E-state index contributed by atoms with van der Waals surface area (Å²) in [6, 6.07) is 9.30. The van der Waals surface area contributed by atoms with E-state index in [1.54, 1.807) is 5.41 Å². The quantitative estimate of drug-likeness (QED) is 0.852. The molecule has 0 N–H and O–H groups in total. The van der Waals surface area contributed by atoms with Crippen LogP contribution in [0.1, 0.15) is 12.8 Å². The van der Waals surface area contributed by atoms with Gasteiger partial charge in [0.05, 0.1) is 23.5 Å². The first kappa shape index (κ1) is 13.7. The number of carbonyl (C=O) groups excluding carboxylic acids is 1.